The Morgan fingerprint density at radius 1 is 0.329 bits per heavy atom. The van der Waals surface area contributed by atoms with E-state index >= 15 is 0 Å². The van der Waals surface area contributed by atoms with Crippen molar-refractivity contribution in [2.75, 3.05) is 6.61 Å². The smallest absolute Gasteiger partial charge is 0.220 e. The summed E-state index contributed by atoms with van der Waals surface area (Å²) in [4.78, 5) is 12.5. The van der Waals surface area contributed by atoms with E-state index in [0.717, 1.165) is 32.1 Å². The molecule has 1 amide bonds. The Morgan fingerprint density at radius 2 is 0.557 bits per heavy atom. The van der Waals surface area contributed by atoms with E-state index < -0.39 is 12.1 Å². The van der Waals surface area contributed by atoms with Crippen LogP contribution in [0.4, 0.5) is 0 Å². The number of hydrogen-bond donors (Lipinski definition) is 3. The standard InChI is InChI=1S/C66H129NO3/c1-3-5-7-9-11-13-15-17-19-21-23-25-27-29-30-31-32-33-34-35-36-38-39-41-43-45-47-49-51-53-55-57-59-61-65(69)64(63-68)67-66(70)62-60-58-56-54-52-50-48-46-44-42-40-37-28-26-24-22-20-18-16-14-12-10-8-6-4-2/h51,53,59,61,64-65,68-69H,3-50,52,54-58,60,62-63H2,1-2H3,(H,67,70)/b53-51+,61-59+. The molecule has 0 radical (unpaired) electrons. The van der Waals surface area contributed by atoms with Crippen molar-refractivity contribution < 1.29 is 15.0 Å². The van der Waals surface area contributed by atoms with Crippen LogP contribution < -0.4 is 5.32 Å². The van der Waals surface area contributed by atoms with E-state index in [1.54, 1.807) is 6.08 Å². The van der Waals surface area contributed by atoms with Crippen molar-refractivity contribution in [2.24, 2.45) is 0 Å². The molecule has 0 saturated heterocycles. The first-order chi connectivity index (χ1) is 34.7. The molecule has 0 fully saturated rings. The van der Waals surface area contributed by atoms with Gasteiger partial charge in [-0.2, -0.15) is 0 Å². The van der Waals surface area contributed by atoms with Gasteiger partial charge in [-0.15, -0.1) is 0 Å². The number of nitrogens with one attached hydrogen (secondary N) is 1. The number of carbonyl (C=O) groups excluding carboxylic acids is 1. The summed E-state index contributed by atoms with van der Waals surface area (Å²) in [5.74, 6) is -0.0651. The Kier molecular flexibility index (Phi) is 61.2. The zero-order valence-electron chi connectivity index (χ0n) is 48.1. The van der Waals surface area contributed by atoms with Crippen LogP contribution in [0.1, 0.15) is 373 Å². The molecule has 0 bridgehead atoms. The van der Waals surface area contributed by atoms with Gasteiger partial charge < -0.3 is 15.5 Å². The van der Waals surface area contributed by atoms with Gasteiger partial charge in [0.25, 0.3) is 0 Å². The van der Waals surface area contributed by atoms with E-state index in [2.05, 4.69) is 31.3 Å². The number of aliphatic hydroxyl groups excluding tert-OH is 2. The van der Waals surface area contributed by atoms with Crippen molar-refractivity contribution in [3.05, 3.63) is 24.3 Å². The van der Waals surface area contributed by atoms with Crippen molar-refractivity contribution in [1.29, 1.82) is 0 Å². The summed E-state index contributed by atoms with van der Waals surface area (Å²) < 4.78 is 0. The lowest BCUT2D eigenvalue weighted by atomic mass is 10.0. The van der Waals surface area contributed by atoms with Crippen molar-refractivity contribution in [2.45, 2.75) is 386 Å². The fraction of sp³-hybridized carbons (Fsp3) is 0.924. The fourth-order valence-electron chi connectivity index (χ4n) is 10.5. The van der Waals surface area contributed by atoms with Crippen molar-refractivity contribution >= 4 is 5.91 Å². The third-order valence-corrected chi connectivity index (χ3v) is 15.4. The highest BCUT2D eigenvalue weighted by atomic mass is 16.3. The highest BCUT2D eigenvalue weighted by Crippen LogP contribution is 2.19. The van der Waals surface area contributed by atoms with Crippen LogP contribution in [0, 0.1) is 0 Å². The quantitative estimate of drug-likeness (QED) is 0.0420. The second-order valence-electron chi connectivity index (χ2n) is 22.5. The van der Waals surface area contributed by atoms with Gasteiger partial charge in [-0.3, -0.25) is 4.79 Å². The maximum Gasteiger partial charge on any atom is 0.220 e. The predicted octanol–water partition coefficient (Wildman–Crippen LogP) is 21.8. The van der Waals surface area contributed by atoms with Gasteiger partial charge in [0.2, 0.25) is 5.91 Å². The zero-order chi connectivity index (χ0) is 50.6. The van der Waals surface area contributed by atoms with Crippen LogP contribution in [-0.4, -0.2) is 34.9 Å². The van der Waals surface area contributed by atoms with Gasteiger partial charge in [-0.05, 0) is 32.1 Å². The number of rotatable bonds is 61. The SMILES string of the molecule is CCCCCCCCCCCCCCCCCCCCCCCCCCCCC/C=C/CC/C=C/C(O)C(CO)NC(=O)CCCCCCCCCCCCCCCCCCCCCCCCCCC. The summed E-state index contributed by atoms with van der Waals surface area (Å²) >= 11 is 0. The van der Waals surface area contributed by atoms with Gasteiger partial charge in [0.15, 0.2) is 0 Å². The number of unbranched alkanes of at least 4 members (excludes halogenated alkanes) is 52. The molecule has 0 spiro atoms. The molecular weight excluding hydrogens is 855 g/mol. The van der Waals surface area contributed by atoms with E-state index in [-0.39, 0.29) is 12.5 Å². The van der Waals surface area contributed by atoms with Crippen molar-refractivity contribution in [3.63, 3.8) is 0 Å². The molecular formula is C66H129NO3. The van der Waals surface area contributed by atoms with E-state index in [1.165, 1.54) is 321 Å². The topological polar surface area (TPSA) is 69.6 Å². The molecule has 4 nitrogen and oxygen atoms in total. The monoisotopic (exact) mass is 984 g/mol. The minimum absolute atomic E-state index is 0.0651. The lowest BCUT2D eigenvalue weighted by Gasteiger charge is -2.19. The first kappa shape index (κ1) is 68.9. The van der Waals surface area contributed by atoms with Gasteiger partial charge in [0.05, 0.1) is 18.8 Å². The normalized spacial score (nSPS) is 12.8. The van der Waals surface area contributed by atoms with E-state index in [1.807, 2.05) is 6.08 Å². The van der Waals surface area contributed by atoms with Crippen LogP contribution in [0.15, 0.2) is 24.3 Å². The Labute approximate surface area is 440 Å². The number of hydrogen-bond acceptors (Lipinski definition) is 3. The third-order valence-electron chi connectivity index (χ3n) is 15.4. The number of amides is 1. The maximum atomic E-state index is 12.5. The Morgan fingerprint density at radius 3 is 0.829 bits per heavy atom. The summed E-state index contributed by atoms with van der Waals surface area (Å²) in [6, 6.07) is -0.637. The molecule has 0 aliphatic rings. The number of aliphatic hydroxyl groups is 2. The van der Waals surface area contributed by atoms with Gasteiger partial charge in [0, 0.05) is 6.42 Å². The average Bonchev–Trinajstić information content (AvgIpc) is 3.36. The lowest BCUT2D eigenvalue weighted by Crippen LogP contribution is -2.45. The van der Waals surface area contributed by atoms with Gasteiger partial charge in [-0.25, -0.2) is 0 Å². The molecule has 0 aliphatic carbocycles. The third kappa shape index (κ3) is 57.8. The molecule has 2 atom stereocenters. The van der Waals surface area contributed by atoms with Gasteiger partial charge in [0.1, 0.15) is 0 Å². The molecule has 4 heteroatoms. The highest BCUT2D eigenvalue weighted by Gasteiger charge is 2.18. The Bertz CT molecular complexity index is 1020. The second kappa shape index (κ2) is 62.2. The summed E-state index contributed by atoms with van der Waals surface area (Å²) in [7, 11) is 0. The number of carbonyl (C=O) groups is 1. The first-order valence-corrected chi connectivity index (χ1v) is 32.6. The van der Waals surface area contributed by atoms with Crippen molar-refractivity contribution in [3.8, 4) is 0 Å². The largest absolute Gasteiger partial charge is 0.394 e. The van der Waals surface area contributed by atoms with Crippen LogP contribution in [0.2, 0.25) is 0 Å². The lowest BCUT2D eigenvalue weighted by molar-refractivity contribution is -0.123. The maximum absolute atomic E-state index is 12.5. The van der Waals surface area contributed by atoms with Crippen LogP contribution in [0.25, 0.3) is 0 Å². The summed E-state index contributed by atoms with van der Waals surface area (Å²) in [6.45, 7) is 4.35. The van der Waals surface area contributed by atoms with E-state index in [4.69, 9.17) is 0 Å². The fourth-order valence-corrected chi connectivity index (χ4v) is 10.5. The molecule has 0 aromatic heterocycles. The number of allylic oxidation sites excluding steroid dienone is 3. The summed E-state index contributed by atoms with van der Waals surface area (Å²) in [5.41, 5.74) is 0. The van der Waals surface area contributed by atoms with E-state index in [9.17, 15) is 15.0 Å². The molecule has 416 valence electrons. The summed E-state index contributed by atoms with van der Waals surface area (Å²) in [6.07, 6.45) is 84.0. The van der Waals surface area contributed by atoms with Gasteiger partial charge in [-0.1, -0.05) is 359 Å². The van der Waals surface area contributed by atoms with E-state index in [0.29, 0.717) is 6.42 Å². The van der Waals surface area contributed by atoms with Crippen LogP contribution >= 0.6 is 0 Å². The van der Waals surface area contributed by atoms with Crippen LogP contribution in [0.5, 0.6) is 0 Å². The summed E-state index contributed by atoms with van der Waals surface area (Å²) in [5, 5.41) is 23.2. The Hall–Kier alpha value is -1.13. The molecule has 0 aromatic rings. The molecule has 2 unspecified atom stereocenters. The predicted molar refractivity (Wildman–Crippen MR) is 313 cm³/mol. The zero-order valence-corrected chi connectivity index (χ0v) is 48.1. The molecule has 0 aromatic carbocycles. The molecule has 0 saturated carbocycles. The average molecular weight is 985 g/mol. The molecule has 70 heavy (non-hydrogen) atoms. The second-order valence-corrected chi connectivity index (χ2v) is 22.5. The van der Waals surface area contributed by atoms with Crippen LogP contribution in [0.3, 0.4) is 0 Å². The minimum Gasteiger partial charge on any atom is -0.394 e. The minimum atomic E-state index is -0.861. The molecule has 3 N–H and O–H groups in total. The molecule has 0 heterocycles. The highest BCUT2D eigenvalue weighted by molar-refractivity contribution is 5.76. The van der Waals surface area contributed by atoms with Crippen molar-refractivity contribution in [1.82, 2.24) is 5.32 Å². The molecule has 0 aliphatic heterocycles. The Balaban J connectivity index is 3.45. The first-order valence-electron chi connectivity index (χ1n) is 32.6. The van der Waals surface area contributed by atoms with Gasteiger partial charge >= 0.3 is 0 Å². The van der Waals surface area contributed by atoms with Crippen LogP contribution in [-0.2, 0) is 4.79 Å². The molecule has 0 rings (SSSR count).